The standard InChI is InChI=1S/C15H15F3N4O/c16-15(17,18)9-22-8-11(7-20-22)14(23)21-12-3-4-13-10(6-12)2-1-5-19-13/h1-2,5,7-8,12H,3-4,6,9H2,(H,21,23). The van der Waals surface area contributed by atoms with Gasteiger partial charge in [-0.25, -0.2) is 0 Å². The van der Waals surface area contributed by atoms with Crippen LogP contribution in [0.25, 0.3) is 0 Å². The lowest BCUT2D eigenvalue weighted by atomic mass is 9.92. The van der Waals surface area contributed by atoms with Gasteiger partial charge in [-0.3, -0.25) is 14.5 Å². The summed E-state index contributed by atoms with van der Waals surface area (Å²) in [6, 6.07) is 3.77. The van der Waals surface area contributed by atoms with Gasteiger partial charge in [0.05, 0.1) is 11.8 Å². The van der Waals surface area contributed by atoms with Gasteiger partial charge in [0.15, 0.2) is 0 Å². The maximum Gasteiger partial charge on any atom is 0.408 e. The first-order chi connectivity index (χ1) is 10.9. The first-order valence-corrected chi connectivity index (χ1v) is 7.23. The number of pyridine rings is 1. The van der Waals surface area contributed by atoms with Crippen LogP contribution in [0.4, 0.5) is 13.2 Å². The molecule has 122 valence electrons. The first-order valence-electron chi connectivity index (χ1n) is 7.23. The van der Waals surface area contributed by atoms with Crippen LogP contribution in [0.5, 0.6) is 0 Å². The van der Waals surface area contributed by atoms with E-state index < -0.39 is 18.6 Å². The van der Waals surface area contributed by atoms with Gasteiger partial charge >= 0.3 is 6.18 Å². The summed E-state index contributed by atoms with van der Waals surface area (Å²) in [4.78, 5) is 16.4. The van der Waals surface area contributed by atoms with Gasteiger partial charge in [0.25, 0.3) is 5.91 Å². The number of nitrogens with zero attached hydrogens (tertiary/aromatic N) is 3. The van der Waals surface area contributed by atoms with Crippen molar-refractivity contribution in [2.75, 3.05) is 0 Å². The molecule has 2 heterocycles. The van der Waals surface area contributed by atoms with Crippen LogP contribution in [0.3, 0.4) is 0 Å². The van der Waals surface area contributed by atoms with E-state index in [9.17, 15) is 18.0 Å². The number of rotatable bonds is 3. The van der Waals surface area contributed by atoms with Crippen molar-refractivity contribution in [1.82, 2.24) is 20.1 Å². The third-order valence-electron chi connectivity index (χ3n) is 3.75. The van der Waals surface area contributed by atoms with E-state index >= 15 is 0 Å². The molecular weight excluding hydrogens is 309 g/mol. The van der Waals surface area contributed by atoms with Crippen LogP contribution in [-0.4, -0.2) is 32.9 Å². The molecule has 3 rings (SSSR count). The molecule has 0 radical (unpaired) electrons. The lowest BCUT2D eigenvalue weighted by Gasteiger charge is -2.24. The normalized spacial score (nSPS) is 17.6. The number of carbonyl (C=O) groups excluding carboxylic acids is 1. The maximum absolute atomic E-state index is 12.3. The predicted molar refractivity (Wildman–Crippen MR) is 75.8 cm³/mol. The van der Waals surface area contributed by atoms with Crippen molar-refractivity contribution < 1.29 is 18.0 Å². The minimum absolute atomic E-state index is 0.0508. The molecule has 2 aromatic rings. The molecule has 0 fully saturated rings. The largest absolute Gasteiger partial charge is 0.408 e. The fourth-order valence-electron chi connectivity index (χ4n) is 2.70. The number of alkyl halides is 3. The van der Waals surface area contributed by atoms with Crippen molar-refractivity contribution >= 4 is 5.91 Å². The third-order valence-corrected chi connectivity index (χ3v) is 3.75. The summed E-state index contributed by atoms with van der Waals surface area (Å²) in [6.45, 7) is -1.21. The summed E-state index contributed by atoms with van der Waals surface area (Å²) in [6.07, 6.45) is 1.85. The monoisotopic (exact) mass is 324 g/mol. The van der Waals surface area contributed by atoms with Gasteiger partial charge in [0.1, 0.15) is 6.54 Å². The highest BCUT2D eigenvalue weighted by Gasteiger charge is 2.29. The summed E-state index contributed by atoms with van der Waals surface area (Å²) in [5.41, 5.74) is 2.26. The summed E-state index contributed by atoms with van der Waals surface area (Å²) in [7, 11) is 0. The predicted octanol–water partition coefficient (Wildman–Crippen LogP) is 2.13. The summed E-state index contributed by atoms with van der Waals surface area (Å²) in [5.74, 6) is -0.407. The van der Waals surface area contributed by atoms with Crippen molar-refractivity contribution in [2.24, 2.45) is 0 Å². The van der Waals surface area contributed by atoms with E-state index in [4.69, 9.17) is 0 Å². The number of hydrogen-bond acceptors (Lipinski definition) is 3. The molecule has 23 heavy (non-hydrogen) atoms. The second-order valence-electron chi connectivity index (χ2n) is 5.56. The molecule has 1 unspecified atom stereocenters. The molecule has 0 spiro atoms. The van der Waals surface area contributed by atoms with E-state index in [1.165, 1.54) is 0 Å². The molecular formula is C15H15F3N4O. The molecule has 0 aromatic carbocycles. The zero-order chi connectivity index (χ0) is 16.4. The van der Waals surface area contributed by atoms with Gasteiger partial charge in [-0.05, 0) is 30.9 Å². The Morgan fingerprint density at radius 2 is 2.26 bits per heavy atom. The van der Waals surface area contributed by atoms with Crippen LogP contribution in [-0.2, 0) is 19.4 Å². The molecule has 1 N–H and O–H groups in total. The Kier molecular flexibility index (Phi) is 4.06. The zero-order valence-corrected chi connectivity index (χ0v) is 12.2. The van der Waals surface area contributed by atoms with Crippen molar-refractivity contribution in [2.45, 2.75) is 38.0 Å². The molecule has 2 aromatic heterocycles. The third kappa shape index (κ3) is 3.88. The molecule has 8 heteroatoms. The van der Waals surface area contributed by atoms with E-state index in [-0.39, 0.29) is 11.6 Å². The average molecular weight is 324 g/mol. The highest BCUT2D eigenvalue weighted by molar-refractivity contribution is 5.93. The number of fused-ring (bicyclic) bond motifs is 1. The van der Waals surface area contributed by atoms with Crippen molar-refractivity contribution in [3.05, 3.63) is 47.5 Å². The highest BCUT2D eigenvalue weighted by Crippen LogP contribution is 2.20. The summed E-state index contributed by atoms with van der Waals surface area (Å²) in [5, 5.41) is 6.43. The molecule has 1 aliphatic rings. The molecule has 1 aliphatic carbocycles. The van der Waals surface area contributed by atoms with E-state index in [0.717, 1.165) is 41.2 Å². The molecule has 5 nitrogen and oxygen atoms in total. The SMILES string of the molecule is O=C(NC1CCc2ncccc2C1)c1cnn(CC(F)(F)F)c1. The Labute approximate surface area is 130 Å². The Bertz CT molecular complexity index is 711. The first kappa shape index (κ1) is 15.5. The fourth-order valence-corrected chi connectivity index (χ4v) is 2.70. The average Bonchev–Trinajstić information content (AvgIpc) is 2.93. The fraction of sp³-hybridized carbons (Fsp3) is 0.400. The molecule has 1 amide bonds. The van der Waals surface area contributed by atoms with Gasteiger partial charge in [0.2, 0.25) is 0 Å². The minimum Gasteiger partial charge on any atom is -0.349 e. The van der Waals surface area contributed by atoms with Crippen molar-refractivity contribution in [3.8, 4) is 0 Å². The van der Waals surface area contributed by atoms with Crippen molar-refractivity contribution in [1.29, 1.82) is 0 Å². The zero-order valence-electron chi connectivity index (χ0n) is 12.2. The highest BCUT2D eigenvalue weighted by atomic mass is 19.4. The van der Waals surface area contributed by atoms with Gasteiger partial charge < -0.3 is 5.32 Å². The lowest BCUT2D eigenvalue weighted by molar-refractivity contribution is -0.142. The number of halogens is 3. The van der Waals surface area contributed by atoms with E-state index in [0.29, 0.717) is 6.42 Å². The molecule has 0 saturated heterocycles. The van der Waals surface area contributed by atoms with E-state index in [1.807, 2.05) is 12.1 Å². The number of aromatic nitrogens is 3. The molecule has 1 atom stereocenters. The number of nitrogens with one attached hydrogen (secondary N) is 1. The summed E-state index contributed by atoms with van der Waals surface area (Å²) >= 11 is 0. The van der Waals surface area contributed by atoms with Crippen LogP contribution in [0.2, 0.25) is 0 Å². The van der Waals surface area contributed by atoms with Gasteiger partial charge in [-0.1, -0.05) is 6.07 Å². The summed E-state index contributed by atoms with van der Waals surface area (Å²) < 4.78 is 37.6. The van der Waals surface area contributed by atoms with Crippen LogP contribution in [0, 0.1) is 0 Å². The Hall–Kier alpha value is -2.38. The number of carbonyl (C=O) groups is 1. The second kappa shape index (κ2) is 6.02. The quantitative estimate of drug-likeness (QED) is 0.941. The Morgan fingerprint density at radius 1 is 1.43 bits per heavy atom. The number of aryl methyl sites for hydroxylation is 1. The van der Waals surface area contributed by atoms with Gasteiger partial charge in [-0.2, -0.15) is 18.3 Å². The molecule has 0 bridgehead atoms. The maximum atomic E-state index is 12.3. The number of amides is 1. The van der Waals surface area contributed by atoms with Gasteiger partial charge in [-0.15, -0.1) is 0 Å². The second-order valence-corrected chi connectivity index (χ2v) is 5.56. The Morgan fingerprint density at radius 3 is 3.04 bits per heavy atom. The van der Waals surface area contributed by atoms with Crippen molar-refractivity contribution in [3.63, 3.8) is 0 Å². The van der Waals surface area contributed by atoms with E-state index in [1.54, 1.807) is 6.20 Å². The van der Waals surface area contributed by atoms with Crippen LogP contribution in [0.15, 0.2) is 30.7 Å². The van der Waals surface area contributed by atoms with Crippen LogP contribution in [0.1, 0.15) is 28.0 Å². The minimum atomic E-state index is -4.36. The molecule has 0 aliphatic heterocycles. The smallest absolute Gasteiger partial charge is 0.349 e. The topological polar surface area (TPSA) is 59.8 Å². The molecule has 0 saturated carbocycles. The number of hydrogen-bond donors (Lipinski definition) is 1. The Balaban J connectivity index is 1.62. The van der Waals surface area contributed by atoms with Crippen LogP contribution < -0.4 is 5.32 Å². The van der Waals surface area contributed by atoms with Crippen LogP contribution >= 0.6 is 0 Å². The lowest BCUT2D eigenvalue weighted by Crippen LogP contribution is -2.38. The van der Waals surface area contributed by atoms with Gasteiger partial charge in [0, 0.05) is 24.1 Å². The van der Waals surface area contributed by atoms with E-state index in [2.05, 4.69) is 15.4 Å².